The molecule has 1 aliphatic rings. The second-order valence-electron chi connectivity index (χ2n) is 6.71. The van der Waals surface area contributed by atoms with E-state index in [-0.39, 0.29) is 30.5 Å². The number of hydrogen-bond acceptors (Lipinski definition) is 3. The predicted octanol–water partition coefficient (Wildman–Crippen LogP) is 4.26. The van der Waals surface area contributed by atoms with Crippen LogP contribution in [0.1, 0.15) is 54.8 Å². The Morgan fingerprint density at radius 2 is 2.12 bits per heavy atom. The summed E-state index contributed by atoms with van der Waals surface area (Å²) in [5.41, 5.74) is 2.21. The quantitative estimate of drug-likeness (QED) is 0.881. The van der Waals surface area contributed by atoms with Gasteiger partial charge in [-0.1, -0.05) is 23.4 Å². The maximum absolute atomic E-state index is 14.0. The molecule has 0 spiro atoms. The minimum absolute atomic E-state index is 0.163. The summed E-state index contributed by atoms with van der Waals surface area (Å²) in [6, 6.07) is 6.37. The normalized spacial score (nSPS) is 15.5. The molecule has 1 aliphatic carbocycles. The summed E-state index contributed by atoms with van der Waals surface area (Å²) in [6.07, 6.45) is 3.02. The first kappa shape index (κ1) is 17.5. The van der Waals surface area contributed by atoms with Crippen LogP contribution < -0.4 is 5.32 Å². The van der Waals surface area contributed by atoms with Crippen LogP contribution in [0.25, 0.3) is 0 Å². The standard InChI is InChI=1S/C19H24FN3O2/c1-12(18-13(2)22-25-14(18)3)21-19(24)23(16-8-6-9-16)11-15-7-4-5-10-17(15)20/h4-5,7,10,12,16H,6,8-9,11H2,1-3H3,(H,21,24)/t12-/m1/s1. The average molecular weight is 345 g/mol. The lowest BCUT2D eigenvalue weighted by Crippen LogP contribution is -2.49. The van der Waals surface area contributed by atoms with Crippen LogP contribution in [-0.4, -0.2) is 22.1 Å². The first-order chi connectivity index (χ1) is 12.0. The number of carbonyl (C=O) groups excluding carboxylic acids is 1. The average Bonchev–Trinajstić information content (AvgIpc) is 2.85. The fraction of sp³-hybridized carbons (Fsp3) is 0.474. The molecule has 0 unspecified atom stereocenters. The van der Waals surface area contributed by atoms with Crippen LogP contribution >= 0.6 is 0 Å². The van der Waals surface area contributed by atoms with Crippen molar-refractivity contribution in [1.82, 2.24) is 15.4 Å². The third-order valence-electron chi connectivity index (χ3n) is 4.94. The zero-order valence-electron chi connectivity index (χ0n) is 14.9. The molecule has 2 aromatic rings. The second-order valence-corrected chi connectivity index (χ2v) is 6.71. The van der Waals surface area contributed by atoms with Crippen LogP contribution in [0.4, 0.5) is 9.18 Å². The lowest BCUT2D eigenvalue weighted by atomic mass is 9.91. The molecular formula is C19H24FN3O2. The summed E-state index contributed by atoms with van der Waals surface area (Å²) in [7, 11) is 0. The summed E-state index contributed by atoms with van der Waals surface area (Å²) in [4.78, 5) is 14.6. The topological polar surface area (TPSA) is 58.4 Å². The Balaban J connectivity index is 1.75. The number of aromatic nitrogens is 1. The minimum atomic E-state index is -0.279. The first-order valence-corrected chi connectivity index (χ1v) is 8.70. The van der Waals surface area contributed by atoms with Gasteiger partial charge >= 0.3 is 6.03 Å². The van der Waals surface area contributed by atoms with Gasteiger partial charge < -0.3 is 14.7 Å². The highest BCUT2D eigenvalue weighted by atomic mass is 19.1. The number of urea groups is 1. The molecule has 1 saturated carbocycles. The highest BCUT2D eigenvalue weighted by Gasteiger charge is 2.30. The molecule has 1 atom stereocenters. The van der Waals surface area contributed by atoms with Gasteiger partial charge in [0.25, 0.3) is 0 Å². The van der Waals surface area contributed by atoms with E-state index in [1.165, 1.54) is 6.07 Å². The predicted molar refractivity (Wildman–Crippen MR) is 92.5 cm³/mol. The van der Waals surface area contributed by atoms with Crippen molar-refractivity contribution >= 4 is 6.03 Å². The molecule has 1 N–H and O–H groups in total. The first-order valence-electron chi connectivity index (χ1n) is 8.70. The lowest BCUT2D eigenvalue weighted by molar-refractivity contribution is 0.130. The van der Waals surface area contributed by atoms with Gasteiger partial charge in [-0.15, -0.1) is 0 Å². The zero-order chi connectivity index (χ0) is 18.0. The van der Waals surface area contributed by atoms with E-state index in [0.717, 1.165) is 30.5 Å². The Morgan fingerprint density at radius 1 is 1.40 bits per heavy atom. The van der Waals surface area contributed by atoms with Crippen LogP contribution in [0.3, 0.4) is 0 Å². The van der Waals surface area contributed by atoms with Gasteiger partial charge in [-0.25, -0.2) is 9.18 Å². The molecule has 5 nitrogen and oxygen atoms in total. The maximum Gasteiger partial charge on any atom is 0.318 e. The van der Waals surface area contributed by atoms with E-state index in [1.54, 1.807) is 23.1 Å². The number of nitrogens with zero attached hydrogens (tertiary/aromatic N) is 2. The molecule has 1 aromatic carbocycles. The Hall–Kier alpha value is -2.37. The zero-order valence-corrected chi connectivity index (χ0v) is 14.9. The number of halogens is 1. The summed E-state index contributed by atoms with van der Waals surface area (Å²) < 4.78 is 19.2. The van der Waals surface area contributed by atoms with E-state index >= 15 is 0 Å². The van der Waals surface area contributed by atoms with Crippen molar-refractivity contribution in [3.63, 3.8) is 0 Å². The van der Waals surface area contributed by atoms with Crippen molar-refractivity contribution in [2.75, 3.05) is 0 Å². The minimum Gasteiger partial charge on any atom is -0.361 e. The van der Waals surface area contributed by atoms with Gasteiger partial charge in [-0.2, -0.15) is 0 Å². The molecule has 3 rings (SSSR count). The van der Waals surface area contributed by atoms with Crippen molar-refractivity contribution in [2.24, 2.45) is 0 Å². The molecule has 0 bridgehead atoms. The molecular weight excluding hydrogens is 321 g/mol. The van der Waals surface area contributed by atoms with Gasteiger partial charge in [0.05, 0.1) is 18.3 Å². The SMILES string of the molecule is Cc1noc(C)c1[C@@H](C)NC(=O)N(Cc1ccccc1F)C1CCC1. The smallest absolute Gasteiger partial charge is 0.318 e. The van der Waals surface area contributed by atoms with E-state index in [1.807, 2.05) is 20.8 Å². The monoisotopic (exact) mass is 345 g/mol. The molecule has 1 fully saturated rings. The third-order valence-corrected chi connectivity index (χ3v) is 4.94. The van der Waals surface area contributed by atoms with E-state index in [4.69, 9.17) is 4.52 Å². The molecule has 0 radical (unpaired) electrons. The molecule has 1 heterocycles. The molecule has 25 heavy (non-hydrogen) atoms. The van der Waals surface area contributed by atoms with Crippen LogP contribution in [0.2, 0.25) is 0 Å². The number of hydrogen-bond donors (Lipinski definition) is 1. The van der Waals surface area contributed by atoms with Crippen molar-refractivity contribution in [3.8, 4) is 0 Å². The summed E-state index contributed by atoms with van der Waals surface area (Å²) in [5, 5.41) is 6.96. The van der Waals surface area contributed by atoms with Gasteiger partial charge in [0.1, 0.15) is 11.6 Å². The largest absolute Gasteiger partial charge is 0.361 e. The van der Waals surface area contributed by atoms with E-state index in [0.29, 0.717) is 11.3 Å². The fourth-order valence-corrected chi connectivity index (χ4v) is 3.32. The van der Waals surface area contributed by atoms with E-state index < -0.39 is 0 Å². The van der Waals surface area contributed by atoms with Crippen molar-refractivity contribution in [2.45, 2.75) is 58.7 Å². The van der Waals surface area contributed by atoms with Gasteiger partial charge in [0, 0.05) is 17.2 Å². The van der Waals surface area contributed by atoms with Crippen LogP contribution in [0, 0.1) is 19.7 Å². The summed E-state index contributed by atoms with van der Waals surface area (Å²) in [5.74, 6) is 0.424. The van der Waals surface area contributed by atoms with Crippen LogP contribution in [0.15, 0.2) is 28.8 Å². The summed E-state index contributed by atoms with van der Waals surface area (Å²) in [6.45, 7) is 5.88. The van der Waals surface area contributed by atoms with E-state index in [9.17, 15) is 9.18 Å². The number of nitrogens with one attached hydrogen (secondary N) is 1. The molecule has 1 aromatic heterocycles. The highest BCUT2D eigenvalue weighted by molar-refractivity contribution is 5.75. The molecule has 0 saturated heterocycles. The Morgan fingerprint density at radius 3 is 2.68 bits per heavy atom. The van der Waals surface area contributed by atoms with Gasteiger partial charge in [0.2, 0.25) is 0 Å². The number of benzene rings is 1. The molecule has 6 heteroatoms. The second kappa shape index (κ2) is 7.25. The number of rotatable bonds is 5. The maximum atomic E-state index is 14.0. The molecule has 0 aliphatic heterocycles. The third kappa shape index (κ3) is 3.67. The van der Waals surface area contributed by atoms with E-state index in [2.05, 4.69) is 10.5 Å². The number of amides is 2. The Labute approximate surface area is 147 Å². The highest BCUT2D eigenvalue weighted by Crippen LogP contribution is 2.28. The van der Waals surface area contributed by atoms with Crippen molar-refractivity contribution in [1.29, 1.82) is 0 Å². The van der Waals surface area contributed by atoms with Crippen molar-refractivity contribution < 1.29 is 13.7 Å². The van der Waals surface area contributed by atoms with Gasteiger partial charge in [-0.05, 0) is 46.1 Å². The fourth-order valence-electron chi connectivity index (χ4n) is 3.32. The van der Waals surface area contributed by atoms with Crippen molar-refractivity contribution in [3.05, 3.63) is 52.7 Å². The number of carbonyl (C=O) groups is 1. The lowest BCUT2D eigenvalue weighted by Gasteiger charge is -2.38. The Kier molecular flexibility index (Phi) is 5.06. The van der Waals surface area contributed by atoms with Crippen LogP contribution in [0.5, 0.6) is 0 Å². The van der Waals surface area contributed by atoms with Gasteiger partial charge in [0.15, 0.2) is 0 Å². The van der Waals surface area contributed by atoms with Crippen LogP contribution in [-0.2, 0) is 6.54 Å². The Bertz CT molecular complexity index is 735. The molecule has 134 valence electrons. The number of aryl methyl sites for hydroxylation is 2. The molecule has 2 amide bonds. The van der Waals surface area contributed by atoms with Gasteiger partial charge in [-0.3, -0.25) is 0 Å². The summed E-state index contributed by atoms with van der Waals surface area (Å²) >= 11 is 0.